The smallest absolute Gasteiger partial charge is 0.264 e. The topological polar surface area (TPSA) is 104 Å². The van der Waals surface area contributed by atoms with E-state index in [4.69, 9.17) is 9.84 Å². The van der Waals surface area contributed by atoms with Crippen LogP contribution in [0.1, 0.15) is 33.5 Å². The standard InChI is InChI=1S/C22H19F2N3O4S/c23-20(24)17-9-14(31-11-13(29)10-28)4-5-15(17)18-8-12-2-1-3-16(19(12)26-18)21(30)27-22-25-6-7-32-22/h1-7,9,13,20,28-29H,8,10-11H2,(H,25,27,30)/t13-/m1/s1. The van der Waals surface area contributed by atoms with Gasteiger partial charge in [0.05, 0.1) is 23.6 Å². The van der Waals surface area contributed by atoms with Crippen LogP contribution in [-0.2, 0) is 6.42 Å². The number of alkyl halides is 2. The monoisotopic (exact) mass is 459 g/mol. The maximum absolute atomic E-state index is 13.8. The molecule has 0 unspecified atom stereocenters. The molecule has 0 saturated carbocycles. The SMILES string of the molecule is O=C(Nc1nccs1)c1cccc2c1N=C(c1ccc(OC[C@H](O)CO)cc1C(F)F)C2. The summed E-state index contributed by atoms with van der Waals surface area (Å²) < 4.78 is 32.9. The van der Waals surface area contributed by atoms with Gasteiger partial charge in [-0.2, -0.15) is 0 Å². The molecule has 1 amide bonds. The van der Waals surface area contributed by atoms with E-state index in [0.29, 0.717) is 28.5 Å². The van der Waals surface area contributed by atoms with E-state index in [1.165, 1.54) is 29.5 Å². The number of aliphatic hydroxyl groups is 2. The zero-order chi connectivity index (χ0) is 22.7. The fourth-order valence-corrected chi connectivity index (χ4v) is 3.85. The highest BCUT2D eigenvalue weighted by Crippen LogP contribution is 2.36. The molecule has 3 aromatic rings. The lowest BCUT2D eigenvalue weighted by molar-refractivity contribution is 0.0534. The highest BCUT2D eigenvalue weighted by Gasteiger charge is 2.26. The second kappa shape index (κ2) is 9.51. The maximum atomic E-state index is 13.8. The number of carbonyl (C=O) groups excluding carboxylic acids is 1. The third kappa shape index (κ3) is 4.67. The second-order valence-electron chi connectivity index (χ2n) is 7.04. The number of carbonyl (C=O) groups is 1. The molecule has 7 nitrogen and oxygen atoms in total. The van der Waals surface area contributed by atoms with E-state index in [-0.39, 0.29) is 29.4 Å². The molecular formula is C22H19F2N3O4S. The van der Waals surface area contributed by atoms with Crippen molar-refractivity contribution in [2.45, 2.75) is 19.0 Å². The third-order valence-corrected chi connectivity index (χ3v) is 5.53. The Kier molecular flexibility index (Phi) is 6.54. The van der Waals surface area contributed by atoms with E-state index in [1.54, 1.807) is 23.7 Å². The molecule has 1 atom stereocenters. The Morgan fingerprint density at radius 3 is 2.84 bits per heavy atom. The Morgan fingerprint density at radius 1 is 1.28 bits per heavy atom. The number of ether oxygens (including phenoxy) is 1. The number of hydrogen-bond acceptors (Lipinski definition) is 7. The van der Waals surface area contributed by atoms with Crippen LogP contribution in [-0.4, -0.2) is 46.1 Å². The summed E-state index contributed by atoms with van der Waals surface area (Å²) in [6.07, 6.45) is -2.00. The number of para-hydroxylation sites is 1. The molecular weight excluding hydrogens is 440 g/mol. The minimum Gasteiger partial charge on any atom is -0.491 e. The van der Waals surface area contributed by atoms with Gasteiger partial charge in [0.15, 0.2) is 5.13 Å². The summed E-state index contributed by atoms with van der Waals surface area (Å²) in [5.41, 5.74) is 1.97. The van der Waals surface area contributed by atoms with Crippen LogP contribution in [0.25, 0.3) is 0 Å². The molecule has 1 aromatic heterocycles. The Bertz CT molecular complexity index is 1150. The van der Waals surface area contributed by atoms with Gasteiger partial charge in [-0.1, -0.05) is 12.1 Å². The molecule has 2 aromatic carbocycles. The van der Waals surface area contributed by atoms with Gasteiger partial charge in [-0.15, -0.1) is 11.3 Å². The lowest BCUT2D eigenvalue weighted by atomic mass is 9.98. The van der Waals surface area contributed by atoms with Gasteiger partial charge >= 0.3 is 0 Å². The number of benzene rings is 2. The average Bonchev–Trinajstić information content (AvgIpc) is 3.46. The van der Waals surface area contributed by atoms with Crippen molar-refractivity contribution < 1.29 is 28.5 Å². The summed E-state index contributed by atoms with van der Waals surface area (Å²) in [4.78, 5) is 21.3. The van der Waals surface area contributed by atoms with E-state index in [2.05, 4.69) is 15.3 Å². The van der Waals surface area contributed by atoms with E-state index < -0.39 is 19.1 Å². The molecule has 3 N–H and O–H groups in total. The van der Waals surface area contributed by atoms with Crippen LogP contribution in [0.15, 0.2) is 53.0 Å². The van der Waals surface area contributed by atoms with E-state index in [0.717, 1.165) is 5.56 Å². The van der Waals surface area contributed by atoms with Gasteiger partial charge in [-0.3, -0.25) is 15.1 Å². The number of aromatic nitrogens is 1. The number of aliphatic hydroxyl groups excluding tert-OH is 2. The summed E-state index contributed by atoms with van der Waals surface area (Å²) in [6, 6.07) is 9.36. The molecule has 10 heteroatoms. The van der Waals surface area contributed by atoms with Crippen LogP contribution >= 0.6 is 11.3 Å². The molecule has 0 spiro atoms. The van der Waals surface area contributed by atoms with E-state index >= 15 is 0 Å². The van der Waals surface area contributed by atoms with E-state index in [1.807, 2.05) is 6.07 Å². The van der Waals surface area contributed by atoms with Gasteiger partial charge in [0, 0.05) is 29.1 Å². The Hall–Kier alpha value is -3.21. The number of hydrogen-bond donors (Lipinski definition) is 3. The van der Waals surface area contributed by atoms with Crippen molar-refractivity contribution in [1.82, 2.24) is 4.98 Å². The molecule has 2 heterocycles. The van der Waals surface area contributed by atoms with Gasteiger partial charge in [0.2, 0.25) is 0 Å². The third-order valence-electron chi connectivity index (χ3n) is 4.84. The number of amides is 1. The summed E-state index contributed by atoms with van der Waals surface area (Å²) in [5.74, 6) is -0.224. The Labute approximate surface area is 186 Å². The van der Waals surface area contributed by atoms with Crippen molar-refractivity contribution in [3.8, 4) is 5.75 Å². The van der Waals surface area contributed by atoms with Crippen LogP contribution in [0.5, 0.6) is 5.75 Å². The van der Waals surface area contributed by atoms with Gasteiger partial charge in [0.25, 0.3) is 12.3 Å². The van der Waals surface area contributed by atoms with Gasteiger partial charge in [0.1, 0.15) is 18.5 Å². The minimum absolute atomic E-state index is 0.149. The molecule has 0 aliphatic carbocycles. The lowest BCUT2D eigenvalue weighted by Gasteiger charge is -2.14. The molecule has 0 fully saturated rings. The zero-order valence-electron chi connectivity index (χ0n) is 16.7. The molecule has 1 aliphatic heterocycles. The molecule has 166 valence electrons. The molecule has 1 aliphatic rings. The molecule has 0 bridgehead atoms. The summed E-state index contributed by atoms with van der Waals surface area (Å²) in [7, 11) is 0. The first-order valence-corrected chi connectivity index (χ1v) is 10.6. The predicted octanol–water partition coefficient (Wildman–Crippen LogP) is 3.74. The maximum Gasteiger partial charge on any atom is 0.264 e. The number of aliphatic imine (C=N–C) groups is 1. The zero-order valence-corrected chi connectivity index (χ0v) is 17.5. The van der Waals surface area contributed by atoms with Gasteiger partial charge in [-0.25, -0.2) is 13.8 Å². The first-order valence-electron chi connectivity index (χ1n) is 9.70. The molecule has 32 heavy (non-hydrogen) atoms. The van der Waals surface area contributed by atoms with Crippen molar-refractivity contribution in [3.63, 3.8) is 0 Å². The van der Waals surface area contributed by atoms with Crippen LogP contribution in [0.2, 0.25) is 0 Å². The van der Waals surface area contributed by atoms with Crippen molar-refractivity contribution in [1.29, 1.82) is 0 Å². The second-order valence-corrected chi connectivity index (χ2v) is 7.93. The number of rotatable bonds is 8. The average molecular weight is 459 g/mol. The number of anilines is 1. The highest BCUT2D eigenvalue weighted by molar-refractivity contribution is 7.13. The van der Waals surface area contributed by atoms with Crippen molar-refractivity contribution in [2.75, 3.05) is 18.5 Å². The van der Waals surface area contributed by atoms with Crippen molar-refractivity contribution in [3.05, 3.63) is 70.2 Å². The number of halogens is 2. The normalized spacial score (nSPS) is 13.6. The molecule has 0 radical (unpaired) electrons. The Balaban J connectivity index is 1.62. The quantitative estimate of drug-likeness (QED) is 0.476. The number of thiazole rings is 1. The summed E-state index contributed by atoms with van der Waals surface area (Å²) in [6.45, 7) is -0.713. The summed E-state index contributed by atoms with van der Waals surface area (Å²) in [5, 5.41) is 23.2. The highest BCUT2D eigenvalue weighted by atomic mass is 32.1. The minimum atomic E-state index is -2.78. The number of fused-ring (bicyclic) bond motifs is 1. The van der Waals surface area contributed by atoms with Crippen LogP contribution in [0, 0.1) is 0 Å². The first-order chi connectivity index (χ1) is 15.5. The van der Waals surface area contributed by atoms with Crippen molar-refractivity contribution >= 4 is 33.8 Å². The molecule has 0 saturated heterocycles. The van der Waals surface area contributed by atoms with Crippen molar-refractivity contribution in [2.24, 2.45) is 4.99 Å². The lowest BCUT2D eigenvalue weighted by Crippen LogP contribution is -2.21. The van der Waals surface area contributed by atoms with Crippen LogP contribution in [0.4, 0.5) is 19.6 Å². The fraction of sp³-hybridized carbons (Fsp3) is 0.227. The predicted molar refractivity (Wildman–Crippen MR) is 116 cm³/mol. The first kappa shape index (κ1) is 22.0. The van der Waals surface area contributed by atoms with Crippen LogP contribution in [0.3, 0.4) is 0 Å². The number of nitrogens with one attached hydrogen (secondary N) is 1. The van der Waals surface area contributed by atoms with E-state index in [9.17, 15) is 18.7 Å². The largest absolute Gasteiger partial charge is 0.491 e. The van der Waals surface area contributed by atoms with Gasteiger partial charge < -0.3 is 14.9 Å². The summed E-state index contributed by atoms with van der Waals surface area (Å²) >= 11 is 1.29. The molecule has 4 rings (SSSR count). The number of nitrogens with zero attached hydrogens (tertiary/aromatic N) is 2. The van der Waals surface area contributed by atoms with Crippen LogP contribution < -0.4 is 10.1 Å². The fourth-order valence-electron chi connectivity index (χ4n) is 3.33. The Morgan fingerprint density at radius 2 is 2.12 bits per heavy atom. The van der Waals surface area contributed by atoms with Gasteiger partial charge in [-0.05, 0) is 29.8 Å².